The minimum Gasteiger partial charge on any atom is -0.395 e. The van der Waals surface area contributed by atoms with Crippen LogP contribution < -0.4 is 5.73 Å². The van der Waals surface area contributed by atoms with Gasteiger partial charge in [-0.25, -0.2) is 0 Å². The van der Waals surface area contributed by atoms with E-state index >= 15 is 0 Å². The number of aliphatic hydroxyl groups is 1. The van der Waals surface area contributed by atoms with E-state index in [9.17, 15) is 5.11 Å². The first-order valence-electron chi connectivity index (χ1n) is 6.82. The number of hydrogen-bond acceptors (Lipinski definition) is 3. The molecule has 2 atom stereocenters. The lowest BCUT2D eigenvalue weighted by molar-refractivity contribution is 0.181. The van der Waals surface area contributed by atoms with E-state index in [0.29, 0.717) is 0 Å². The van der Waals surface area contributed by atoms with Crippen LogP contribution in [0.3, 0.4) is 0 Å². The maximum absolute atomic E-state index is 9.38. The third-order valence-corrected chi connectivity index (χ3v) is 3.64. The Balaban J connectivity index is 3.30. The van der Waals surface area contributed by atoms with Crippen LogP contribution in [0.4, 0.5) is 0 Å². The highest BCUT2D eigenvalue weighted by Gasteiger charge is 2.25. The molecular weight excluding hydrogens is 236 g/mol. The molecule has 0 aromatic heterocycles. The van der Waals surface area contributed by atoms with Crippen molar-refractivity contribution in [3.05, 3.63) is 34.9 Å². The van der Waals surface area contributed by atoms with Crippen LogP contribution in [0.2, 0.25) is 0 Å². The van der Waals surface area contributed by atoms with Gasteiger partial charge in [-0.2, -0.15) is 0 Å². The van der Waals surface area contributed by atoms with E-state index < -0.39 is 0 Å². The Morgan fingerprint density at radius 1 is 1.26 bits per heavy atom. The molecule has 3 nitrogen and oxygen atoms in total. The molecule has 0 aliphatic heterocycles. The number of benzene rings is 1. The van der Waals surface area contributed by atoms with Gasteiger partial charge >= 0.3 is 0 Å². The van der Waals surface area contributed by atoms with Crippen molar-refractivity contribution < 1.29 is 5.11 Å². The van der Waals surface area contributed by atoms with E-state index in [-0.39, 0.29) is 24.1 Å². The Morgan fingerprint density at radius 3 is 2.26 bits per heavy atom. The fraction of sp³-hybridized carbons (Fsp3) is 0.625. The summed E-state index contributed by atoms with van der Waals surface area (Å²) in [6.07, 6.45) is 0. The lowest BCUT2D eigenvalue weighted by atomic mass is 9.83. The standard InChI is InChI=1S/C16H28N2O/c1-11-7-8-12(16(2,3)4)9-13(11)15(18(5)6)14(17)10-19/h7-9,14-15,19H,10,17H2,1-6H3. The first-order valence-corrected chi connectivity index (χ1v) is 6.82. The van der Waals surface area contributed by atoms with Crippen molar-refractivity contribution >= 4 is 0 Å². The quantitative estimate of drug-likeness (QED) is 0.876. The first-order chi connectivity index (χ1) is 8.68. The molecule has 2 unspecified atom stereocenters. The van der Waals surface area contributed by atoms with Gasteiger partial charge in [0.25, 0.3) is 0 Å². The second-order valence-electron chi connectivity index (χ2n) is 6.58. The van der Waals surface area contributed by atoms with Crippen molar-refractivity contribution in [2.24, 2.45) is 5.73 Å². The number of nitrogens with two attached hydrogens (primary N) is 1. The number of nitrogens with zero attached hydrogens (tertiary/aromatic N) is 1. The van der Waals surface area contributed by atoms with E-state index in [1.54, 1.807) is 0 Å². The maximum Gasteiger partial charge on any atom is 0.0601 e. The molecule has 1 aromatic carbocycles. The van der Waals surface area contributed by atoms with Crippen LogP contribution in [-0.2, 0) is 5.41 Å². The SMILES string of the molecule is Cc1ccc(C(C)(C)C)cc1C(C(N)CO)N(C)C. The molecule has 19 heavy (non-hydrogen) atoms. The lowest BCUT2D eigenvalue weighted by Crippen LogP contribution is -2.40. The number of aryl methyl sites for hydroxylation is 1. The summed E-state index contributed by atoms with van der Waals surface area (Å²) in [4.78, 5) is 2.08. The Kier molecular flexibility index (Phi) is 5.13. The van der Waals surface area contributed by atoms with Gasteiger partial charge < -0.3 is 15.7 Å². The topological polar surface area (TPSA) is 49.5 Å². The molecule has 0 aliphatic rings. The van der Waals surface area contributed by atoms with Gasteiger partial charge in [-0.15, -0.1) is 0 Å². The summed E-state index contributed by atoms with van der Waals surface area (Å²) in [5.74, 6) is 0. The molecule has 0 radical (unpaired) electrons. The zero-order chi connectivity index (χ0) is 14.8. The highest BCUT2D eigenvalue weighted by Crippen LogP contribution is 2.30. The van der Waals surface area contributed by atoms with Crippen molar-refractivity contribution in [2.45, 2.75) is 45.2 Å². The van der Waals surface area contributed by atoms with E-state index in [2.05, 4.69) is 50.8 Å². The van der Waals surface area contributed by atoms with Crippen molar-refractivity contribution in [3.63, 3.8) is 0 Å². The molecule has 108 valence electrons. The molecule has 3 heteroatoms. The first kappa shape index (κ1) is 16.2. The van der Waals surface area contributed by atoms with E-state index in [4.69, 9.17) is 5.73 Å². The fourth-order valence-electron chi connectivity index (χ4n) is 2.42. The second-order valence-corrected chi connectivity index (χ2v) is 6.58. The third-order valence-electron chi connectivity index (χ3n) is 3.64. The van der Waals surface area contributed by atoms with Crippen LogP contribution in [0.1, 0.15) is 43.5 Å². The highest BCUT2D eigenvalue weighted by molar-refractivity contribution is 5.37. The van der Waals surface area contributed by atoms with Gasteiger partial charge in [0.15, 0.2) is 0 Å². The summed E-state index contributed by atoms with van der Waals surface area (Å²) < 4.78 is 0. The summed E-state index contributed by atoms with van der Waals surface area (Å²) in [5, 5.41) is 9.38. The molecule has 0 fully saturated rings. The minimum absolute atomic E-state index is 0.0119. The largest absolute Gasteiger partial charge is 0.395 e. The van der Waals surface area contributed by atoms with E-state index in [0.717, 1.165) is 0 Å². The van der Waals surface area contributed by atoms with Crippen LogP contribution in [0.5, 0.6) is 0 Å². The minimum atomic E-state index is -0.274. The molecule has 1 aromatic rings. The normalized spacial score (nSPS) is 15.6. The average molecular weight is 264 g/mol. The molecule has 0 amide bonds. The van der Waals surface area contributed by atoms with Crippen molar-refractivity contribution in [2.75, 3.05) is 20.7 Å². The molecule has 1 rings (SSSR count). The third kappa shape index (κ3) is 3.78. The maximum atomic E-state index is 9.38. The van der Waals surface area contributed by atoms with Gasteiger partial charge in [-0.05, 0) is 43.1 Å². The zero-order valence-corrected chi connectivity index (χ0v) is 13.1. The zero-order valence-electron chi connectivity index (χ0n) is 13.1. The lowest BCUT2D eigenvalue weighted by Gasteiger charge is -2.32. The van der Waals surface area contributed by atoms with Gasteiger partial charge in [0.2, 0.25) is 0 Å². The average Bonchev–Trinajstić information content (AvgIpc) is 2.29. The van der Waals surface area contributed by atoms with Gasteiger partial charge in [-0.1, -0.05) is 39.0 Å². The van der Waals surface area contributed by atoms with Crippen LogP contribution >= 0.6 is 0 Å². The molecule has 0 aliphatic carbocycles. The van der Waals surface area contributed by atoms with Crippen molar-refractivity contribution in [3.8, 4) is 0 Å². The molecule has 3 N–H and O–H groups in total. The Labute approximate surface area is 117 Å². The fourth-order valence-corrected chi connectivity index (χ4v) is 2.42. The number of rotatable bonds is 4. The second kappa shape index (κ2) is 6.04. The highest BCUT2D eigenvalue weighted by atomic mass is 16.3. The Bertz CT molecular complexity index is 421. The number of likely N-dealkylation sites (N-methyl/N-ethyl adjacent to an activating group) is 1. The molecule has 0 bridgehead atoms. The Hall–Kier alpha value is -0.900. The van der Waals surface area contributed by atoms with Crippen molar-refractivity contribution in [1.29, 1.82) is 0 Å². The van der Waals surface area contributed by atoms with Crippen molar-refractivity contribution in [1.82, 2.24) is 4.90 Å². The van der Waals surface area contributed by atoms with E-state index in [1.165, 1.54) is 16.7 Å². The van der Waals surface area contributed by atoms with Crippen LogP contribution in [0.25, 0.3) is 0 Å². The molecule has 0 saturated heterocycles. The summed E-state index contributed by atoms with van der Waals surface area (Å²) in [6, 6.07) is 6.32. The number of aliphatic hydroxyl groups excluding tert-OH is 1. The summed E-state index contributed by atoms with van der Waals surface area (Å²) >= 11 is 0. The van der Waals surface area contributed by atoms with Gasteiger partial charge in [-0.3, -0.25) is 0 Å². The van der Waals surface area contributed by atoms with Gasteiger partial charge in [0, 0.05) is 6.04 Å². The van der Waals surface area contributed by atoms with Crippen LogP contribution in [-0.4, -0.2) is 36.8 Å². The van der Waals surface area contributed by atoms with Gasteiger partial charge in [0.1, 0.15) is 0 Å². The summed E-state index contributed by atoms with van der Waals surface area (Å²) in [5.41, 5.74) is 9.92. The molecule has 0 saturated carbocycles. The molecular formula is C16H28N2O. The van der Waals surface area contributed by atoms with Crippen LogP contribution in [0, 0.1) is 6.92 Å². The monoisotopic (exact) mass is 264 g/mol. The summed E-state index contributed by atoms with van der Waals surface area (Å²) in [6.45, 7) is 8.71. The summed E-state index contributed by atoms with van der Waals surface area (Å²) in [7, 11) is 4.01. The van der Waals surface area contributed by atoms with Crippen LogP contribution in [0.15, 0.2) is 18.2 Å². The predicted octanol–water partition coefficient (Wildman–Crippen LogP) is 2.21. The smallest absolute Gasteiger partial charge is 0.0601 e. The molecule has 0 heterocycles. The van der Waals surface area contributed by atoms with Gasteiger partial charge in [0.05, 0.1) is 12.6 Å². The predicted molar refractivity (Wildman–Crippen MR) is 81.4 cm³/mol. The number of hydrogen-bond donors (Lipinski definition) is 2. The van der Waals surface area contributed by atoms with E-state index in [1.807, 2.05) is 14.1 Å². The Morgan fingerprint density at radius 2 is 1.84 bits per heavy atom. The molecule has 0 spiro atoms.